The monoisotopic (exact) mass is 283 g/mol. The second-order valence-corrected chi connectivity index (χ2v) is 5.78. The second kappa shape index (κ2) is 7.57. The minimum absolute atomic E-state index is 0.0366. The summed E-state index contributed by atoms with van der Waals surface area (Å²) in [5.41, 5.74) is 1.04. The van der Waals surface area contributed by atoms with Crippen LogP contribution in [0.25, 0.3) is 0 Å². The van der Waals surface area contributed by atoms with Crippen LogP contribution in [0.2, 0.25) is 0 Å². The summed E-state index contributed by atoms with van der Waals surface area (Å²) in [6.45, 7) is 4.74. The first kappa shape index (κ1) is 14.4. The molecule has 1 aromatic rings. The molecule has 0 spiro atoms. The van der Waals surface area contributed by atoms with Crippen molar-refractivity contribution in [3.05, 3.63) is 16.1 Å². The number of amides is 1. The fourth-order valence-corrected chi connectivity index (χ4v) is 2.71. The van der Waals surface area contributed by atoms with Gasteiger partial charge >= 0.3 is 0 Å². The third-order valence-electron chi connectivity index (χ3n) is 3.11. The first-order valence-corrected chi connectivity index (χ1v) is 7.62. The lowest BCUT2D eigenvalue weighted by molar-refractivity contribution is -0.128. The third-order valence-corrected chi connectivity index (χ3v) is 3.93. The highest BCUT2D eigenvalue weighted by Gasteiger charge is 2.14. The van der Waals surface area contributed by atoms with E-state index in [1.165, 1.54) is 0 Å². The number of hydrogen-bond acceptors (Lipinski definition) is 5. The lowest BCUT2D eigenvalue weighted by Crippen LogP contribution is -2.36. The van der Waals surface area contributed by atoms with Gasteiger partial charge in [-0.1, -0.05) is 0 Å². The summed E-state index contributed by atoms with van der Waals surface area (Å²) in [7, 11) is 0. The third kappa shape index (κ3) is 5.26. The molecule has 6 heteroatoms. The van der Waals surface area contributed by atoms with Gasteiger partial charge in [-0.2, -0.15) is 0 Å². The van der Waals surface area contributed by atoms with Crippen molar-refractivity contribution in [2.45, 2.75) is 32.3 Å². The van der Waals surface area contributed by atoms with Crippen LogP contribution < -0.4 is 10.6 Å². The highest BCUT2D eigenvalue weighted by atomic mass is 32.1. The van der Waals surface area contributed by atoms with Crippen LogP contribution in [0.4, 0.5) is 0 Å². The zero-order valence-electron chi connectivity index (χ0n) is 11.3. The predicted octanol–water partition coefficient (Wildman–Crippen LogP) is 0.879. The van der Waals surface area contributed by atoms with Crippen molar-refractivity contribution >= 4 is 17.2 Å². The number of aromatic nitrogens is 1. The molecule has 1 fully saturated rings. The molecule has 0 saturated carbocycles. The van der Waals surface area contributed by atoms with Gasteiger partial charge in [-0.3, -0.25) is 4.79 Å². The number of rotatable bonds is 6. The summed E-state index contributed by atoms with van der Waals surface area (Å²) < 4.78 is 5.59. The lowest BCUT2D eigenvalue weighted by Gasteiger charge is -2.22. The molecule has 0 aliphatic carbocycles. The van der Waals surface area contributed by atoms with Gasteiger partial charge in [0.2, 0.25) is 5.91 Å². The molecule has 1 aliphatic rings. The Labute approximate surface area is 117 Å². The Balaban J connectivity index is 1.56. The lowest BCUT2D eigenvalue weighted by atomic mass is 10.1. The molecule has 1 amide bonds. The molecule has 0 aromatic carbocycles. The van der Waals surface area contributed by atoms with Gasteiger partial charge in [-0.25, -0.2) is 4.98 Å². The molecule has 1 aliphatic heterocycles. The second-order valence-electron chi connectivity index (χ2n) is 4.72. The Hall–Kier alpha value is -0.980. The van der Waals surface area contributed by atoms with Crippen molar-refractivity contribution in [1.82, 2.24) is 15.6 Å². The Morgan fingerprint density at radius 3 is 3.05 bits per heavy atom. The van der Waals surface area contributed by atoms with Gasteiger partial charge in [0, 0.05) is 18.3 Å². The van der Waals surface area contributed by atoms with E-state index in [2.05, 4.69) is 15.6 Å². The number of carbonyl (C=O) groups is 1. The Kier molecular flexibility index (Phi) is 5.75. The van der Waals surface area contributed by atoms with Crippen LogP contribution in [0.5, 0.6) is 0 Å². The highest BCUT2D eigenvalue weighted by molar-refractivity contribution is 7.09. The highest BCUT2D eigenvalue weighted by Crippen LogP contribution is 2.08. The molecular weight excluding hydrogens is 262 g/mol. The maximum atomic E-state index is 11.6. The molecule has 0 bridgehead atoms. The SMILES string of the molecule is Cc1nc(CCNC(=O)COC2CCNCC2)cs1. The number of aryl methyl sites for hydroxylation is 1. The maximum absolute atomic E-state index is 11.6. The minimum Gasteiger partial charge on any atom is -0.368 e. The predicted molar refractivity (Wildman–Crippen MR) is 75.4 cm³/mol. The maximum Gasteiger partial charge on any atom is 0.246 e. The van der Waals surface area contributed by atoms with Crippen molar-refractivity contribution in [3.8, 4) is 0 Å². The zero-order chi connectivity index (χ0) is 13.5. The zero-order valence-corrected chi connectivity index (χ0v) is 12.1. The van der Waals surface area contributed by atoms with Crippen molar-refractivity contribution in [2.24, 2.45) is 0 Å². The van der Waals surface area contributed by atoms with Crippen LogP contribution >= 0.6 is 11.3 Å². The molecule has 5 nitrogen and oxygen atoms in total. The molecule has 1 aromatic heterocycles. The molecule has 2 heterocycles. The number of ether oxygens (including phenoxy) is 1. The molecule has 0 unspecified atom stereocenters. The fourth-order valence-electron chi connectivity index (χ4n) is 2.06. The van der Waals surface area contributed by atoms with Crippen LogP contribution in [0.1, 0.15) is 23.5 Å². The van der Waals surface area contributed by atoms with E-state index in [0.717, 1.165) is 43.1 Å². The smallest absolute Gasteiger partial charge is 0.246 e. The summed E-state index contributed by atoms with van der Waals surface area (Å²) in [4.78, 5) is 16.0. The van der Waals surface area contributed by atoms with Gasteiger partial charge in [-0.15, -0.1) is 11.3 Å². The van der Waals surface area contributed by atoms with E-state index in [4.69, 9.17) is 4.74 Å². The van der Waals surface area contributed by atoms with E-state index in [1.54, 1.807) is 11.3 Å². The number of carbonyl (C=O) groups excluding carboxylic acids is 1. The number of piperidine rings is 1. The minimum atomic E-state index is -0.0366. The average Bonchev–Trinajstić information content (AvgIpc) is 2.83. The molecule has 2 rings (SSSR count). The molecule has 0 radical (unpaired) electrons. The van der Waals surface area contributed by atoms with Crippen molar-refractivity contribution in [2.75, 3.05) is 26.2 Å². The van der Waals surface area contributed by atoms with Gasteiger partial charge in [0.1, 0.15) is 6.61 Å². The molecule has 0 atom stereocenters. The van der Waals surface area contributed by atoms with E-state index in [0.29, 0.717) is 6.54 Å². The average molecular weight is 283 g/mol. The van der Waals surface area contributed by atoms with Crippen LogP contribution in [0, 0.1) is 6.92 Å². The topological polar surface area (TPSA) is 63.2 Å². The van der Waals surface area contributed by atoms with Crippen LogP contribution in [0.15, 0.2) is 5.38 Å². The molecule has 1 saturated heterocycles. The van der Waals surface area contributed by atoms with Crippen molar-refractivity contribution in [3.63, 3.8) is 0 Å². The summed E-state index contributed by atoms with van der Waals surface area (Å²) in [6.07, 6.45) is 2.99. The van der Waals surface area contributed by atoms with Crippen LogP contribution in [-0.2, 0) is 16.0 Å². The molecule has 106 valence electrons. The Morgan fingerprint density at radius 1 is 1.58 bits per heavy atom. The Bertz CT molecular complexity index is 402. The summed E-state index contributed by atoms with van der Waals surface area (Å²) >= 11 is 1.64. The van der Waals surface area contributed by atoms with E-state index in [9.17, 15) is 4.79 Å². The number of hydrogen-bond donors (Lipinski definition) is 2. The van der Waals surface area contributed by atoms with Gasteiger partial charge in [0.25, 0.3) is 0 Å². The van der Waals surface area contributed by atoms with Gasteiger partial charge in [0.15, 0.2) is 0 Å². The normalized spacial score (nSPS) is 16.5. The van der Waals surface area contributed by atoms with Crippen LogP contribution in [0.3, 0.4) is 0 Å². The molecule has 19 heavy (non-hydrogen) atoms. The number of nitrogens with zero attached hydrogens (tertiary/aromatic N) is 1. The van der Waals surface area contributed by atoms with Gasteiger partial charge < -0.3 is 15.4 Å². The van der Waals surface area contributed by atoms with Crippen LogP contribution in [-0.4, -0.2) is 43.2 Å². The standard InChI is InChI=1S/C13H21N3O2S/c1-10-16-11(9-19-10)2-7-15-13(17)8-18-12-3-5-14-6-4-12/h9,12,14H,2-8H2,1H3,(H,15,17). The summed E-state index contributed by atoms with van der Waals surface area (Å²) in [5, 5.41) is 9.24. The molecular formula is C13H21N3O2S. The fraction of sp³-hybridized carbons (Fsp3) is 0.692. The van der Waals surface area contributed by atoms with E-state index >= 15 is 0 Å². The van der Waals surface area contributed by atoms with E-state index in [1.807, 2.05) is 12.3 Å². The van der Waals surface area contributed by atoms with Crippen molar-refractivity contribution < 1.29 is 9.53 Å². The van der Waals surface area contributed by atoms with E-state index < -0.39 is 0 Å². The molecule has 2 N–H and O–H groups in total. The largest absolute Gasteiger partial charge is 0.368 e. The first-order chi connectivity index (χ1) is 9.24. The quantitative estimate of drug-likeness (QED) is 0.813. The summed E-state index contributed by atoms with van der Waals surface area (Å²) in [6, 6.07) is 0. The van der Waals surface area contributed by atoms with E-state index in [-0.39, 0.29) is 18.6 Å². The number of thiazole rings is 1. The summed E-state index contributed by atoms with van der Waals surface area (Å²) in [5.74, 6) is -0.0366. The number of nitrogens with one attached hydrogen (secondary N) is 2. The van der Waals surface area contributed by atoms with Gasteiger partial charge in [-0.05, 0) is 32.9 Å². The van der Waals surface area contributed by atoms with Crippen molar-refractivity contribution in [1.29, 1.82) is 0 Å². The first-order valence-electron chi connectivity index (χ1n) is 6.74. The Morgan fingerprint density at radius 2 is 2.37 bits per heavy atom. The van der Waals surface area contributed by atoms with Gasteiger partial charge in [0.05, 0.1) is 16.8 Å².